The summed E-state index contributed by atoms with van der Waals surface area (Å²) in [6.07, 6.45) is 2.15. The van der Waals surface area contributed by atoms with Crippen molar-refractivity contribution in [3.8, 4) is 0 Å². The molecule has 0 aromatic carbocycles. The molecule has 1 aromatic heterocycles. The number of aromatic nitrogens is 1. The summed E-state index contributed by atoms with van der Waals surface area (Å²) in [5, 5.41) is 9.88. The SMILES string of the molecule is CCn1cc(Br)cc1C(=O)N1CC(O)CC1CN(C)C. The fourth-order valence-electron chi connectivity index (χ4n) is 2.80. The molecule has 0 aliphatic carbocycles. The van der Waals surface area contributed by atoms with Crippen molar-refractivity contribution in [2.24, 2.45) is 0 Å². The van der Waals surface area contributed by atoms with Gasteiger partial charge in [0.05, 0.1) is 6.10 Å². The lowest BCUT2D eigenvalue weighted by molar-refractivity contribution is 0.0688. The van der Waals surface area contributed by atoms with Gasteiger partial charge in [0, 0.05) is 36.3 Å². The van der Waals surface area contributed by atoms with E-state index in [9.17, 15) is 9.90 Å². The van der Waals surface area contributed by atoms with Gasteiger partial charge in [-0.3, -0.25) is 4.79 Å². The highest BCUT2D eigenvalue weighted by atomic mass is 79.9. The van der Waals surface area contributed by atoms with Crippen molar-refractivity contribution in [1.82, 2.24) is 14.4 Å². The first-order valence-electron chi connectivity index (χ1n) is 6.91. The average Bonchev–Trinajstić information content (AvgIpc) is 2.91. The van der Waals surface area contributed by atoms with Crippen LogP contribution in [-0.2, 0) is 6.54 Å². The zero-order chi connectivity index (χ0) is 14.9. The highest BCUT2D eigenvalue weighted by molar-refractivity contribution is 9.10. The summed E-state index contributed by atoms with van der Waals surface area (Å²) in [5.74, 6) is 0.000880. The van der Waals surface area contributed by atoms with Gasteiger partial charge in [-0.05, 0) is 49.4 Å². The number of hydrogen-bond acceptors (Lipinski definition) is 3. The largest absolute Gasteiger partial charge is 0.391 e. The van der Waals surface area contributed by atoms with Crippen molar-refractivity contribution in [2.45, 2.75) is 32.0 Å². The second-order valence-corrected chi connectivity index (χ2v) is 6.51. The molecule has 1 aromatic rings. The molecule has 5 nitrogen and oxygen atoms in total. The molecule has 1 aliphatic rings. The summed E-state index contributed by atoms with van der Waals surface area (Å²) in [6.45, 7) is 3.96. The Labute approximate surface area is 128 Å². The Balaban J connectivity index is 2.21. The fraction of sp³-hybridized carbons (Fsp3) is 0.643. The number of aryl methyl sites for hydroxylation is 1. The van der Waals surface area contributed by atoms with E-state index in [1.807, 2.05) is 37.8 Å². The molecule has 20 heavy (non-hydrogen) atoms. The van der Waals surface area contributed by atoms with E-state index in [2.05, 4.69) is 20.8 Å². The number of aliphatic hydroxyl groups excluding tert-OH is 1. The van der Waals surface area contributed by atoms with Gasteiger partial charge in [-0.2, -0.15) is 0 Å². The Kier molecular flexibility index (Phi) is 4.88. The summed E-state index contributed by atoms with van der Waals surface area (Å²) in [6, 6.07) is 1.93. The van der Waals surface area contributed by atoms with E-state index in [1.54, 1.807) is 4.90 Å². The first kappa shape index (κ1) is 15.5. The van der Waals surface area contributed by atoms with Gasteiger partial charge in [0.1, 0.15) is 5.69 Å². The Morgan fingerprint density at radius 2 is 2.25 bits per heavy atom. The molecular weight excluding hydrogens is 322 g/mol. The third kappa shape index (κ3) is 3.24. The lowest BCUT2D eigenvalue weighted by Gasteiger charge is -2.27. The highest BCUT2D eigenvalue weighted by Crippen LogP contribution is 2.23. The van der Waals surface area contributed by atoms with Crippen LogP contribution in [0.15, 0.2) is 16.7 Å². The molecule has 1 amide bonds. The number of halogens is 1. The van der Waals surface area contributed by atoms with E-state index in [0.29, 0.717) is 18.7 Å². The lowest BCUT2D eigenvalue weighted by Crippen LogP contribution is -2.42. The van der Waals surface area contributed by atoms with Crippen molar-refractivity contribution in [3.05, 3.63) is 22.4 Å². The quantitative estimate of drug-likeness (QED) is 0.899. The minimum absolute atomic E-state index is 0.000880. The van der Waals surface area contributed by atoms with Crippen molar-refractivity contribution in [1.29, 1.82) is 0 Å². The lowest BCUT2D eigenvalue weighted by atomic mass is 10.2. The topological polar surface area (TPSA) is 48.7 Å². The first-order valence-corrected chi connectivity index (χ1v) is 7.71. The highest BCUT2D eigenvalue weighted by Gasteiger charge is 2.35. The van der Waals surface area contributed by atoms with E-state index in [0.717, 1.165) is 17.6 Å². The number of β-amino-alcohol motifs (C(OH)–C–C–N with tert-alkyl or cyclic N) is 1. The molecule has 1 fully saturated rings. The number of rotatable bonds is 4. The third-order valence-corrected chi connectivity index (χ3v) is 4.09. The molecule has 2 unspecified atom stereocenters. The van der Waals surface area contributed by atoms with Gasteiger partial charge in [0.15, 0.2) is 0 Å². The average molecular weight is 344 g/mol. The zero-order valence-electron chi connectivity index (χ0n) is 12.2. The van der Waals surface area contributed by atoms with Crippen LogP contribution in [0.1, 0.15) is 23.8 Å². The van der Waals surface area contributed by atoms with Crippen molar-refractivity contribution < 1.29 is 9.90 Å². The molecule has 0 radical (unpaired) electrons. The van der Waals surface area contributed by atoms with Crippen LogP contribution < -0.4 is 0 Å². The molecule has 0 bridgehead atoms. The van der Waals surface area contributed by atoms with E-state index >= 15 is 0 Å². The van der Waals surface area contributed by atoms with E-state index < -0.39 is 6.10 Å². The molecule has 0 saturated carbocycles. The maximum absolute atomic E-state index is 12.7. The Bertz CT molecular complexity index is 487. The van der Waals surface area contributed by atoms with Gasteiger partial charge in [0.25, 0.3) is 5.91 Å². The van der Waals surface area contributed by atoms with E-state index in [4.69, 9.17) is 0 Å². The minimum Gasteiger partial charge on any atom is -0.391 e. The summed E-state index contributed by atoms with van der Waals surface area (Å²) in [4.78, 5) is 16.6. The van der Waals surface area contributed by atoms with Crippen molar-refractivity contribution in [2.75, 3.05) is 27.2 Å². The Morgan fingerprint density at radius 1 is 1.55 bits per heavy atom. The molecule has 112 valence electrons. The van der Waals surface area contributed by atoms with Gasteiger partial charge >= 0.3 is 0 Å². The summed E-state index contributed by atoms with van der Waals surface area (Å²) in [7, 11) is 3.97. The van der Waals surface area contributed by atoms with Crippen molar-refractivity contribution >= 4 is 21.8 Å². The number of amides is 1. The monoisotopic (exact) mass is 343 g/mol. The standard InChI is InChI=1S/C14H22BrN3O2/c1-4-17-7-10(15)5-13(17)14(20)18-9-12(19)6-11(18)8-16(2)3/h5,7,11-12,19H,4,6,8-9H2,1-3H3. The molecule has 1 saturated heterocycles. The molecule has 1 aliphatic heterocycles. The van der Waals surface area contributed by atoms with Gasteiger partial charge < -0.3 is 19.5 Å². The maximum atomic E-state index is 12.7. The van der Waals surface area contributed by atoms with E-state index in [1.165, 1.54) is 0 Å². The number of nitrogens with zero attached hydrogens (tertiary/aromatic N) is 3. The minimum atomic E-state index is -0.419. The number of likely N-dealkylation sites (N-methyl/N-ethyl adjacent to an activating group) is 1. The molecular formula is C14H22BrN3O2. The molecule has 2 heterocycles. The first-order chi connectivity index (χ1) is 9.42. The molecule has 6 heteroatoms. The van der Waals surface area contributed by atoms with Crippen LogP contribution >= 0.6 is 15.9 Å². The predicted octanol–water partition coefficient (Wildman–Crippen LogP) is 1.41. The zero-order valence-corrected chi connectivity index (χ0v) is 13.8. The van der Waals surface area contributed by atoms with Crippen LogP contribution in [-0.4, -0.2) is 64.7 Å². The Hall–Kier alpha value is -0.850. The van der Waals surface area contributed by atoms with Gasteiger partial charge in [-0.1, -0.05) is 0 Å². The number of hydrogen-bond donors (Lipinski definition) is 1. The summed E-state index contributed by atoms with van der Waals surface area (Å²) >= 11 is 3.42. The second-order valence-electron chi connectivity index (χ2n) is 5.59. The van der Waals surface area contributed by atoms with Gasteiger partial charge in [0.2, 0.25) is 0 Å². The maximum Gasteiger partial charge on any atom is 0.270 e. The third-order valence-electron chi connectivity index (χ3n) is 3.65. The van der Waals surface area contributed by atoms with Crippen LogP contribution in [0.4, 0.5) is 0 Å². The molecule has 1 N–H and O–H groups in total. The molecule has 2 atom stereocenters. The number of aliphatic hydroxyl groups is 1. The fourth-order valence-corrected chi connectivity index (χ4v) is 3.26. The van der Waals surface area contributed by atoms with Crippen LogP contribution in [0.5, 0.6) is 0 Å². The normalized spacial score (nSPS) is 22.8. The Morgan fingerprint density at radius 3 is 2.85 bits per heavy atom. The smallest absolute Gasteiger partial charge is 0.270 e. The van der Waals surface area contributed by atoms with Crippen LogP contribution in [0.2, 0.25) is 0 Å². The van der Waals surface area contributed by atoms with Crippen LogP contribution in [0, 0.1) is 0 Å². The number of likely N-dealkylation sites (tertiary alicyclic amines) is 1. The second kappa shape index (κ2) is 6.28. The number of carbonyl (C=O) groups excluding carboxylic acids is 1. The predicted molar refractivity (Wildman–Crippen MR) is 81.8 cm³/mol. The van der Waals surface area contributed by atoms with Gasteiger partial charge in [-0.25, -0.2) is 0 Å². The van der Waals surface area contributed by atoms with Crippen LogP contribution in [0.3, 0.4) is 0 Å². The molecule has 2 rings (SSSR count). The summed E-state index contributed by atoms with van der Waals surface area (Å²) < 4.78 is 2.84. The van der Waals surface area contributed by atoms with Gasteiger partial charge in [-0.15, -0.1) is 0 Å². The van der Waals surface area contributed by atoms with Crippen molar-refractivity contribution in [3.63, 3.8) is 0 Å². The van der Waals surface area contributed by atoms with Crippen LogP contribution in [0.25, 0.3) is 0 Å². The number of carbonyl (C=O) groups is 1. The summed E-state index contributed by atoms with van der Waals surface area (Å²) in [5.41, 5.74) is 0.678. The van der Waals surface area contributed by atoms with E-state index in [-0.39, 0.29) is 11.9 Å². The molecule has 0 spiro atoms.